The van der Waals surface area contributed by atoms with Crippen LogP contribution in [-0.2, 0) is 16.8 Å². The summed E-state index contributed by atoms with van der Waals surface area (Å²) in [6, 6.07) is -0.410. The van der Waals surface area contributed by atoms with E-state index in [2.05, 4.69) is 25.7 Å². The van der Waals surface area contributed by atoms with Crippen molar-refractivity contribution in [2.75, 3.05) is 13.1 Å². The second-order valence-electron chi connectivity index (χ2n) is 7.95. The van der Waals surface area contributed by atoms with E-state index in [1.807, 2.05) is 20.8 Å². The van der Waals surface area contributed by atoms with Gasteiger partial charge in [0.1, 0.15) is 5.54 Å². The van der Waals surface area contributed by atoms with Crippen LogP contribution < -0.4 is 10.6 Å². The first kappa shape index (κ1) is 16.9. The van der Waals surface area contributed by atoms with Gasteiger partial charge in [0.2, 0.25) is 5.89 Å². The number of rotatable bonds is 3. The van der Waals surface area contributed by atoms with Gasteiger partial charge in [0.05, 0.1) is 6.54 Å². The minimum atomic E-state index is -0.844. The Balaban J connectivity index is 1.67. The Morgan fingerprint density at radius 2 is 2.12 bits per heavy atom. The zero-order valence-corrected chi connectivity index (χ0v) is 14.7. The summed E-state index contributed by atoms with van der Waals surface area (Å²) in [7, 11) is 0. The molecule has 2 N–H and O–H groups in total. The fraction of sp³-hybridized carbons (Fsp3) is 0.750. The van der Waals surface area contributed by atoms with Gasteiger partial charge in [-0.1, -0.05) is 25.9 Å². The van der Waals surface area contributed by atoms with E-state index in [1.54, 1.807) is 6.92 Å². The SMILES string of the molecule is CC(C)(C)c1nc(CN2CCCC(C3(C)NC(=O)NC3=O)C2)no1. The molecule has 3 amide bonds. The molecule has 3 heterocycles. The van der Waals surface area contributed by atoms with Crippen LogP contribution in [0.15, 0.2) is 4.52 Å². The van der Waals surface area contributed by atoms with Crippen molar-refractivity contribution in [2.24, 2.45) is 5.92 Å². The van der Waals surface area contributed by atoms with Gasteiger partial charge in [0.25, 0.3) is 5.91 Å². The number of amides is 3. The minimum absolute atomic E-state index is 0.0617. The summed E-state index contributed by atoms with van der Waals surface area (Å²) < 4.78 is 5.34. The molecular weight excluding hydrogens is 310 g/mol. The van der Waals surface area contributed by atoms with E-state index < -0.39 is 11.6 Å². The van der Waals surface area contributed by atoms with Gasteiger partial charge in [-0.2, -0.15) is 4.98 Å². The fourth-order valence-electron chi connectivity index (χ4n) is 3.34. The molecule has 0 aromatic carbocycles. The summed E-state index contributed by atoms with van der Waals surface area (Å²) >= 11 is 0. The van der Waals surface area contributed by atoms with E-state index in [9.17, 15) is 9.59 Å². The first-order valence-corrected chi connectivity index (χ1v) is 8.37. The van der Waals surface area contributed by atoms with Crippen LogP contribution in [0.5, 0.6) is 0 Å². The molecule has 0 saturated carbocycles. The van der Waals surface area contributed by atoms with Gasteiger partial charge in [-0.3, -0.25) is 15.0 Å². The Hall–Kier alpha value is -1.96. The van der Waals surface area contributed by atoms with Gasteiger partial charge in [-0.15, -0.1) is 0 Å². The molecule has 8 heteroatoms. The van der Waals surface area contributed by atoms with E-state index in [4.69, 9.17) is 4.52 Å². The summed E-state index contributed by atoms with van der Waals surface area (Å²) in [6.45, 7) is 10.1. The molecule has 2 aliphatic rings. The molecule has 0 aliphatic carbocycles. The normalized spacial score (nSPS) is 28.8. The lowest BCUT2D eigenvalue weighted by molar-refractivity contribution is -0.126. The molecule has 0 spiro atoms. The highest BCUT2D eigenvalue weighted by Crippen LogP contribution is 2.30. The molecule has 1 aromatic rings. The quantitative estimate of drug-likeness (QED) is 0.805. The van der Waals surface area contributed by atoms with Crippen LogP contribution in [0.4, 0.5) is 4.79 Å². The molecule has 0 radical (unpaired) electrons. The maximum atomic E-state index is 12.1. The molecule has 3 rings (SSSR count). The first-order chi connectivity index (χ1) is 11.2. The monoisotopic (exact) mass is 335 g/mol. The third-order valence-electron chi connectivity index (χ3n) is 4.87. The number of hydrogen-bond donors (Lipinski definition) is 2. The summed E-state index contributed by atoms with van der Waals surface area (Å²) in [6.07, 6.45) is 1.87. The summed E-state index contributed by atoms with van der Waals surface area (Å²) in [5, 5.41) is 9.19. The number of urea groups is 1. The van der Waals surface area contributed by atoms with E-state index in [0.717, 1.165) is 19.4 Å². The second-order valence-corrected chi connectivity index (χ2v) is 7.95. The van der Waals surface area contributed by atoms with Gasteiger partial charge in [0.15, 0.2) is 5.82 Å². The highest BCUT2D eigenvalue weighted by atomic mass is 16.5. The first-order valence-electron chi connectivity index (χ1n) is 8.37. The lowest BCUT2D eigenvalue weighted by Crippen LogP contribution is -2.55. The smallest absolute Gasteiger partial charge is 0.322 e. The molecule has 132 valence electrons. The van der Waals surface area contributed by atoms with Crippen molar-refractivity contribution in [2.45, 2.75) is 58.0 Å². The third kappa shape index (κ3) is 3.15. The number of carbonyl (C=O) groups excluding carboxylic acids is 2. The molecule has 2 aliphatic heterocycles. The number of piperidine rings is 1. The maximum absolute atomic E-state index is 12.1. The van der Waals surface area contributed by atoms with Crippen LogP contribution in [0, 0.1) is 5.92 Å². The number of nitrogens with zero attached hydrogens (tertiary/aromatic N) is 3. The zero-order chi connectivity index (χ0) is 17.5. The lowest BCUT2D eigenvalue weighted by Gasteiger charge is -2.39. The van der Waals surface area contributed by atoms with Crippen molar-refractivity contribution in [1.82, 2.24) is 25.7 Å². The Labute approximate surface area is 141 Å². The molecule has 2 atom stereocenters. The van der Waals surface area contributed by atoms with Crippen LogP contribution in [0.25, 0.3) is 0 Å². The van der Waals surface area contributed by atoms with Crippen LogP contribution in [-0.4, -0.2) is 45.6 Å². The summed E-state index contributed by atoms with van der Waals surface area (Å²) in [5.41, 5.74) is -1.01. The van der Waals surface area contributed by atoms with Crippen LogP contribution in [0.1, 0.15) is 52.3 Å². The van der Waals surface area contributed by atoms with Gasteiger partial charge in [-0.25, -0.2) is 4.79 Å². The predicted molar refractivity (Wildman–Crippen MR) is 86.1 cm³/mol. The standard InChI is InChI=1S/C16H25N5O3/c1-15(2,3)13-17-11(20-24-13)9-21-7-5-6-10(8-21)16(4)12(22)18-14(23)19-16/h10H,5-9H2,1-4H3,(H2,18,19,22,23). The molecule has 2 saturated heterocycles. The fourth-order valence-corrected chi connectivity index (χ4v) is 3.34. The van der Waals surface area contributed by atoms with E-state index in [0.29, 0.717) is 24.8 Å². The Bertz CT molecular complexity index is 650. The molecular formula is C16H25N5O3. The van der Waals surface area contributed by atoms with Crippen LogP contribution in [0.3, 0.4) is 0 Å². The average molecular weight is 335 g/mol. The Morgan fingerprint density at radius 3 is 2.71 bits per heavy atom. The number of nitrogens with one attached hydrogen (secondary N) is 2. The highest BCUT2D eigenvalue weighted by Gasteiger charge is 2.48. The summed E-state index contributed by atoms with van der Waals surface area (Å²) in [5.74, 6) is 1.10. The van der Waals surface area contributed by atoms with Gasteiger partial charge in [-0.05, 0) is 26.3 Å². The number of carbonyl (C=O) groups is 2. The number of imide groups is 1. The van der Waals surface area contributed by atoms with Crippen molar-refractivity contribution < 1.29 is 14.1 Å². The zero-order valence-electron chi connectivity index (χ0n) is 14.7. The number of likely N-dealkylation sites (tertiary alicyclic amines) is 1. The molecule has 2 fully saturated rings. The van der Waals surface area contributed by atoms with Gasteiger partial charge >= 0.3 is 6.03 Å². The topological polar surface area (TPSA) is 100 Å². The molecule has 1 aromatic heterocycles. The highest BCUT2D eigenvalue weighted by molar-refractivity contribution is 6.06. The van der Waals surface area contributed by atoms with Crippen molar-refractivity contribution in [1.29, 1.82) is 0 Å². The van der Waals surface area contributed by atoms with Gasteiger partial charge < -0.3 is 9.84 Å². The minimum Gasteiger partial charge on any atom is -0.339 e. The number of hydrogen-bond acceptors (Lipinski definition) is 6. The van der Waals surface area contributed by atoms with Crippen LogP contribution in [0.2, 0.25) is 0 Å². The van der Waals surface area contributed by atoms with E-state index in [-0.39, 0.29) is 17.2 Å². The van der Waals surface area contributed by atoms with Crippen LogP contribution >= 0.6 is 0 Å². The van der Waals surface area contributed by atoms with E-state index >= 15 is 0 Å². The van der Waals surface area contributed by atoms with Crippen molar-refractivity contribution >= 4 is 11.9 Å². The molecule has 0 bridgehead atoms. The average Bonchev–Trinajstić information content (AvgIpc) is 3.05. The summed E-state index contributed by atoms with van der Waals surface area (Å²) in [4.78, 5) is 30.3. The molecule has 8 nitrogen and oxygen atoms in total. The Morgan fingerprint density at radius 1 is 1.38 bits per heavy atom. The van der Waals surface area contributed by atoms with Crippen molar-refractivity contribution in [3.05, 3.63) is 11.7 Å². The lowest BCUT2D eigenvalue weighted by atomic mass is 9.80. The molecule has 2 unspecified atom stereocenters. The van der Waals surface area contributed by atoms with Crippen molar-refractivity contribution in [3.63, 3.8) is 0 Å². The Kier molecular flexibility index (Phi) is 4.11. The largest absolute Gasteiger partial charge is 0.339 e. The predicted octanol–water partition coefficient (Wildman–Crippen LogP) is 1.18. The number of aromatic nitrogens is 2. The van der Waals surface area contributed by atoms with Gasteiger partial charge in [0, 0.05) is 17.9 Å². The second kappa shape index (κ2) is 5.84. The maximum Gasteiger partial charge on any atom is 0.322 e. The van der Waals surface area contributed by atoms with Crippen molar-refractivity contribution in [3.8, 4) is 0 Å². The third-order valence-corrected chi connectivity index (χ3v) is 4.87. The molecule has 24 heavy (non-hydrogen) atoms. The van der Waals surface area contributed by atoms with E-state index in [1.165, 1.54) is 0 Å².